The van der Waals surface area contributed by atoms with Crippen LogP contribution in [0.5, 0.6) is 0 Å². The number of rotatable bonds is 3. The van der Waals surface area contributed by atoms with Crippen LogP contribution >= 0.6 is 0 Å². The number of hydrogen-bond acceptors (Lipinski definition) is 4. The molecule has 0 saturated heterocycles. The van der Waals surface area contributed by atoms with Crippen LogP contribution in [-0.2, 0) is 12.7 Å². The topological polar surface area (TPSA) is 85.3 Å². The second kappa shape index (κ2) is 5.84. The van der Waals surface area contributed by atoms with Gasteiger partial charge in [-0.25, -0.2) is 9.97 Å². The number of pyridine rings is 2. The molecule has 0 bridgehead atoms. The van der Waals surface area contributed by atoms with Crippen LogP contribution in [0.1, 0.15) is 21.7 Å². The smallest absolute Gasteiger partial charge is 0.384 e. The van der Waals surface area contributed by atoms with E-state index in [0.29, 0.717) is 11.5 Å². The molecule has 1 amide bonds. The molecule has 3 heterocycles. The van der Waals surface area contributed by atoms with Gasteiger partial charge in [0.15, 0.2) is 5.69 Å². The van der Waals surface area contributed by atoms with Gasteiger partial charge in [-0.1, -0.05) is 6.07 Å². The van der Waals surface area contributed by atoms with Gasteiger partial charge in [-0.15, -0.1) is 0 Å². The van der Waals surface area contributed by atoms with Gasteiger partial charge in [0.2, 0.25) is 0 Å². The van der Waals surface area contributed by atoms with Crippen LogP contribution < -0.4 is 11.1 Å². The lowest BCUT2D eigenvalue weighted by Crippen LogP contribution is -2.23. The normalized spacial score (nSPS) is 11.6. The second-order valence-electron chi connectivity index (χ2n) is 5.04. The predicted octanol–water partition coefficient (Wildman–Crippen LogP) is 2.26. The summed E-state index contributed by atoms with van der Waals surface area (Å²) < 4.78 is 39.1. The molecule has 0 radical (unpaired) electrons. The van der Waals surface area contributed by atoms with E-state index in [1.165, 1.54) is 18.3 Å². The second-order valence-corrected chi connectivity index (χ2v) is 5.04. The van der Waals surface area contributed by atoms with Crippen molar-refractivity contribution in [1.82, 2.24) is 19.7 Å². The Bertz CT molecular complexity index is 904. The van der Waals surface area contributed by atoms with E-state index in [1.807, 2.05) is 0 Å². The quantitative estimate of drug-likeness (QED) is 0.769. The highest BCUT2D eigenvalue weighted by Gasteiger charge is 2.33. The fourth-order valence-electron chi connectivity index (χ4n) is 2.13. The minimum Gasteiger partial charge on any atom is -0.384 e. The van der Waals surface area contributed by atoms with Crippen LogP contribution in [0.25, 0.3) is 5.65 Å². The molecule has 0 aromatic carbocycles. The van der Waals surface area contributed by atoms with Gasteiger partial charge in [0.25, 0.3) is 5.91 Å². The summed E-state index contributed by atoms with van der Waals surface area (Å²) in [5, 5.41) is 2.63. The standard InChI is InChI=1S/C15H12F3N5O/c16-15(17,18)11-8-23-7-9(4-5-13(23)22-11)14(24)20-6-10-2-1-3-12(19)21-10/h1-5,7-8H,6H2,(H2,19,21)(H,20,24). The predicted molar refractivity (Wildman–Crippen MR) is 80.0 cm³/mol. The number of alkyl halides is 3. The van der Waals surface area contributed by atoms with E-state index >= 15 is 0 Å². The van der Waals surface area contributed by atoms with Gasteiger partial charge in [-0.2, -0.15) is 13.2 Å². The van der Waals surface area contributed by atoms with E-state index in [1.54, 1.807) is 18.2 Å². The van der Waals surface area contributed by atoms with E-state index in [-0.39, 0.29) is 17.8 Å². The molecule has 3 aromatic rings. The van der Waals surface area contributed by atoms with Crippen LogP contribution in [0, 0.1) is 0 Å². The third-order valence-corrected chi connectivity index (χ3v) is 3.26. The Labute approximate surface area is 134 Å². The number of nitrogens with zero attached hydrogens (tertiary/aromatic N) is 3. The summed E-state index contributed by atoms with van der Waals surface area (Å²) in [5.41, 5.74) is 5.43. The molecule has 6 nitrogen and oxygen atoms in total. The zero-order chi connectivity index (χ0) is 17.3. The van der Waals surface area contributed by atoms with E-state index in [9.17, 15) is 18.0 Å². The largest absolute Gasteiger partial charge is 0.434 e. The molecule has 124 valence electrons. The first-order valence-electron chi connectivity index (χ1n) is 6.88. The highest BCUT2D eigenvalue weighted by atomic mass is 19.4. The molecule has 3 N–H and O–H groups in total. The minimum atomic E-state index is -4.53. The SMILES string of the molecule is Nc1cccc(CNC(=O)c2ccc3nc(C(F)(F)F)cn3c2)n1. The average Bonchev–Trinajstić information content (AvgIpc) is 2.96. The molecule has 0 fully saturated rings. The van der Waals surface area contributed by atoms with Crippen molar-refractivity contribution in [1.29, 1.82) is 0 Å². The van der Waals surface area contributed by atoms with Gasteiger partial charge in [-0.05, 0) is 24.3 Å². The number of amides is 1. The maximum absolute atomic E-state index is 12.7. The lowest BCUT2D eigenvalue weighted by atomic mass is 10.2. The Morgan fingerprint density at radius 3 is 2.67 bits per heavy atom. The zero-order valence-electron chi connectivity index (χ0n) is 12.2. The average molecular weight is 335 g/mol. The van der Waals surface area contributed by atoms with Crippen LogP contribution in [0.4, 0.5) is 19.0 Å². The zero-order valence-corrected chi connectivity index (χ0v) is 12.2. The fraction of sp³-hybridized carbons (Fsp3) is 0.133. The molecular weight excluding hydrogens is 323 g/mol. The Kier molecular flexibility index (Phi) is 3.84. The fourth-order valence-corrected chi connectivity index (χ4v) is 2.13. The summed E-state index contributed by atoms with van der Waals surface area (Å²) in [6.45, 7) is 0.152. The number of nitrogens with two attached hydrogens (primary N) is 1. The van der Waals surface area contributed by atoms with Gasteiger partial charge >= 0.3 is 6.18 Å². The summed E-state index contributed by atoms with van der Waals surface area (Å²) in [7, 11) is 0. The molecule has 0 saturated carbocycles. The summed E-state index contributed by atoms with van der Waals surface area (Å²) in [6.07, 6.45) is -2.40. The molecule has 9 heteroatoms. The van der Waals surface area contributed by atoms with Gasteiger partial charge < -0.3 is 15.5 Å². The van der Waals surface area contributed by atoms with Crippen LogP contribution in [-0.4, -0.2) is 20.3 Å². The van der Waals surface area contributed by atoms with Crippen LogP contribution in [0.15, 0.2) is 42.7 Å². The molecule has 24 heavy (non-hydrogen) atoms. The van der Waals surface area contributed by atoms with Crippen molar-refractivity contribution < 1.29 is 18.0 Å². The summed E-state index contributed by atoms with van der Waals surface area (Å²) in [5.74, 6) is -0.107. The first-order chi connectivity index (χ1) is 11.3. The van der Waals surface area contributed by atoms with E-state index in [2.05, 4.69) is 15.3 Å². The molecule has 0 aliphatic heterocycles. The maximum atomic E-state index is 12.7. The Morgan fingerprint density at radius 2 is 1.96 bits per heavy atom. The van der Waals surface area contributed by atoms with Crippen molar-refractivity contribution in [3.8, 4) is 0 Å². The highest BCUT2D eigenvalue weighted by Crippen LogP contribution is 2.28. The van der Waals surface area contributed by atoms with Gasteiger partial charge in [-0.3, -0.25) is 4.79 Å². The maximum Gasteiger partial charge on any atom is 0.434 e. The molecule has 0 unspecified atom stereocenters. The van der Waals surface area contributed by atoms with Crippen LogP contribution in [0.2, 0.25) is 0 Å². The molecule has 0 spiro atoms. The minimum absolute atomic E-state index is 0.108. The number of nitrogens with one attached hydrogen (secondary N) is 1. The Morgan fingerprint density at radius 1 is 1.17 bits per heavy atom. The van der Waals surface area contributed by atoms with E-state index < -0.39 is 17.8 Å². The first-order valence-corrected chi connectivity index (χ1v) is 6.88. The van der Waals surface area contributed by atoms with Crippen LogP contribution in [0.3, 0.4) is 0 Å². The third-order valence-electron chi connectivity index (χ3n) is 3.26. The molecule has 0 atom stereocenters. The van der Waals surface area contributed by atoms with Crippen molar-refractivity contribution in [2.75, 3.05) is 5.73 Å². The lowest BCUT2D eigenvalue weighted by Gasteiger charge is -2.06. The first kappa shape index (κ1) is 15.8. The number of fused-ring (bicyclic) bond motifs is 1. The van der Waals surface area contributed by atoms with Crippen molar-refractivity contribution in [2.45, 2.75) is 12.7 Å². The number of carbonyl (C=O) groups is 1. The van der Waals surface area contributed by atoms with Crippen molar-refractivity contribution >= 4 is 17.4 Å². The summed E-state index contributed by atoms with van der Waals surface area (Å²) in [4.78, 5) is 19.6. The number of hydrogen-bond donors (Lipinski definition) is 2. The van der Waals surface area contributed by atoms with Gasteiger partial charge in [0.05, 0.1) is 17.8 Å². The summed E-state index contributed by atoms with van der Waals surface area (Å²) >= 11 is 0. The number of anilines is 1. The third kappa shape index (κ3) is 3.29. The van der Waals surface area contributed by atoms with Crippen molar-refractivity contribution in [2.24, 2.45) is 0 Å². The molecule has 0 aliphatic carbocycles. The molecule has 0 aliphatic rings. The number of halogens is 3. The monoisotopic (exact) mass is 335 g/mol. The van der Waals surface area contributed by atoms with E-state index in [4.69, 9.17) is 5.73 Å². The van der Waals surface area contributed by atoms with Gasteiger partial charge in [0.1, 0.15) is 11.5 Å². The number of aromatic nitrogens is 3. The highest BCUT2D eigenvalue weighted by molar-refractivity contribution is 5.94. The lowest BCUT2D eigenvalue weighted by molar-refractivity contribution is -0.140. The van der Waals surface area contributed by atoms with Gasteiger partial charge in [0, 0.05) is 12.4 Å². The number of nitrogen functional groups attached to an aromatic ring is 1. The number of carbonyl (C=O) groups excluding carboxylic acids is 1. The molecular formula is C15H12F3N5O. The molecule has 3 aromatic heterocycles. The summed E-state index contributed by atoms with van der Waals surface area (Å²) in [6, 6.07) is 7.79. The Hall–Kier alpha value is -3.10. The Balaban J connectivity index is 1.77. The molecule has 3 rings (SSSR count). The van der Waals surface area contributed by atoms with E-state index in [0.717, 1.165) is 10.6 Å². The van der Waals surface area contributed by atoms with Crippen molar-refractivity contribution in [3.05, 3.63) is 59.7 Å². The number of imidazole rings is 1. The van der Waals surface area contributed by atoms with Crippen molar-refractivity contribution in [3.63, 3.8) is 0 Å².